The fraction of sp³-hybridized carbons (Fsp3) is 0.615. The van der Waals surface area contributed by atoms with E-state index in [9.17, 15) is 4.79 Å². The molecule has 0 saturated heterocycles. The van der Waals surface area contributed by atoms with Crippen molar-refractivity contribution in [1.82, 2.24) is 4.90 Å². The van der Waals surface area contributed by atoms with Crippen LogP contribution in [-0.4, -0.2) is 23.4 Å². The molecule has 1 saturated carbocycles. The number of nitrogens with two attached hydrogens (primary N) is 1. The Balaban J connectivity index is 0.00000162. The molecule has 0 unspecified atom stereocenters. The minimum atomic E-state index is -0.597. The molecule has 2 N–H and O–H groups in total. The third kappa shape index (κ3) is 3.05. The van der Waals surface area contributed by atoms with E-state index in [0.29, 0.717) is 6.54 Å². The molecule has 0 spiro atoms. The fourth-order valence-corrected chi connectivity index (χ4v) is 3.41. The lowest BCUT2D eigenvalue weighted by Crippen LogP contribution is -2.52. The minimum Gasteiger partial charge on any atom is -0.339 e. The van der Waals surface area contributed by atoms with E-state index in [1.807, 2.05) is 7.05 Å². The summed E-state index contributed by atoms with van der Waals surface area (Å²) in [5, 5.41) is 2.07. The molecule has 102 valence electrons. The topological polar surface area (TPSA) is 46.3 Å². The lowest BCUT2D eigenvalue weighted by atomic mass is 9.97. The van der Waals surface area contributed by atoms with Crippen molar-refractivity contribution in [1.29, 1.82) is 0 Å². The van der Waals surface area contributed by atoms with Crippen LogP contribution in [0.4, 0.5) is 0 Å². The second-order valence-corrected chi connectivity index (χ2v) is 6.05. The molecule has 0 aliphatic heterocycles. The van der Waals surface area contributed by atoms with E-state index in [2.05, 4.69) is 18.4 Å². The Kier molecular flexibility index (Phi) is 5.20. The van der Waals surface area contributed by atoms with E-state index in [1.54, 1.807) is 16.2 Å². The highest BCUT2D eigenvalue weighted by Gasteiger charge is 2.38. The van der Waals surface area contributed by atoms with Crippen molar-refractivity contribution in [3.63, 3.8) is 0 Å². The van der Waals surface area contributed by atoms with Gasteiger partial charge in [-0.1, -0.05) is 12.8 Å². The molecule has 0 atom stereocenters. The molecule has 0 bridgehead atoms. The maximum atomic E-state index is 12.3. The molecule has 1 aromatic heterocycles. The highest BCUT2D eigenvalue weighted by Crippen LogP contribution is 2.29. The van der Waals surface area contributed by atoms with Gasteiger partial charge in [-0.05, 0) is 36.8 Å². The Morgan fingerprint density at radius 1 is 1.50 bits per heavy atom. The minimum absolute atomic E-state index is 0. The van der Waals surface area contributed by atoms with Gasteiger partial charge in [-0.15, -0.1) is 23.7 Å². The second kappa shape index (κ2) is 6.04. The van der Waals surface area contributed by atoms with Crippen molar-refractivity contribution in [2.75, 3.05) is 7.05 Å². The largest absolute Gasteiger partial charge is 0.339 e. The first-order valence-corrected chi connectivity index (χ1v) is 6.98. The molecular formula is C13H21ClN2OS. The smallest absolute Gasteiger partial charge is 0.242 e. The van der Waals surface area contributed by atoms with Gasteiger partial charge in [-0.3, -0.25) is 4.79 Å². The Labute approximate surface area is 119 Å². The van der Waals surface area contributed by atoms with Crippen molar-refractivity contribution in [3.05, 3.63) is 21.9 Å². The molecule has 1 aliphatic rings. The summed E-state index contributed by atoms with van der Waals surface area (Å²) in [6, 6.07) is 2.09. The molecule has 3 nitrogen and oxygen atoms in total. The van der Waals surface area contributed by atoms with Gasteiger partial charge in [0.25, 0.3) is 0 Å². The number of carbonyl (C=O) groups excluding carboxylic acids is 1. The number of nitrogens with zero attached hydrogens (tertiary/aromatic N) is 1. The van der Waals surface area contributed by atoms with E-state index in [1.165, 1.54) is 10.4 Å². The zero-order chi connectivity index (χ0) is 12.5. The summed E-state index contributed by atoms with van der Waals surface area (Å²) >= 11 is 1.70. The maximum Gasteiger partial charge on any atom is 0.242 e. The van der Waals surface area contributed by atoms with Gasteiger partial charge in [0.2, 0.25) is 5.91 Å². The third-order valence-electron chi connectivity index (χ3n) is 3.62. The van der Waals surface area contributed by atoms with Gasteiger partial charge < -0.3 is 10.6 Å². The van der Waals surface area contributed by atoms with Crippen molar-refractivity contribution in [3.8, 4) is 0 Å². The van der Waals surface area contributed by atoms with Gasteiger partial charge in [0.05, 0.1) is 12.1 Å². The van der Waals surface area contributed by atoms with Crippen LogP contribution in [0.15, 0.2) is 11.4 Å². The molecule has 5 heteroatoms. The van der Waals surface area contributed by atoms with Crippen LogP contribution in [0.1, 0.15) is 36.1 Å². The number of hydrogen-bond acceptors (Lipinski definition) is 3. The summed E-state index contributed by atoms with van der Waals surface area (Å²) in [4.78, 5) is 15.3. The normalized spacial score (nSPS) is 17.3. The zero-order valence-electron chi connectivity index (χ0n) is 10.9. The first kappa shape index (κ1) is 15.5. The van der Waals surface area contributed by atoms with Crippen LogP contribution in [0.25, 0.3) is 0 Å². The summed E-state index contributed by atoms with van der Waals surface area (Å²) in [5.41, 5.74) is 6.84. The van der Waals surface area contributed by atoms with E-state index in [-0.39, 0.29) is 18.3 Å². The average molecular weight is 289 g/mol. The van der Waals surface area contributed by atoms with E-state index in [0.717, 1.165) is 25.7 Å². The van der Waals surface area contributed by atoms with E-state index >= 15 is 0 Å². The maximum absolute atomic E-state index is 12.3. The lowest BCUT2D eigenvalue weighted by molar-refractivity contribution is -0.136. The van der Waals surface area contributed by atoms with Gasteiger partial charge >= 0.3 is 0 Å². The summed E-state index contributed by atoms with van der Waals surface area (Å²) in [6.07, 6.45) is 3.82. The molecule has 0 radical (unpaired) electrons. The third-order valence-corrected chi connectivity index (χ3v) is 4.63. The van der Waals surface area contributed by atoms with Crippen molar-refractivity contribution in [2.24, 2.45) is 5.73 Å². The first-order valence-electron chi connectivity index (χ1n) is 6.10. The van der Waals surface area contributed by atoms with Crippen LogP contribution in [-0.2, 0) is 11.3 Å². The highest BCUT2D eigenvalue weighted by molar-refractivity contribution is 7.10. The predicted molar refractivity (Wildman–Crippen MR) is 78.2 cm³/mol. The average Bonchev–Trinajstić information content (AvgIpc) is 2.89. The molecule has 1 fully saturated rings. The molecule has 18 heavy (non-hydrogen) atoms. The number of hydrogen-bond donors (Lipinski definition) is 1. The molecule has 1 aromatic rings. The van der Waals surface area contributed by atoms with Crippen molar-refractivity contribution in [2.45, 2.75) is 44.7 Å². The second-order valence-electron chi connectivity index (χ2n) is 5.05. The number of carbonyl (C=O) groups is 1. The molecule has 1 aliphatic carbocycles. The zero-order valence-corrected chi connectivity index (χ0v) is 12.6. The number of thiophene rings is 1. The molecule has 0 aromatic carbocycles. The van der Waals surface area contributed by atoms with Crippen LogP contribution in [0, 0.1) is 6.92 Å². The van der Waals surface area contributed by atoms with Gasteiger partial charge in [0.1, 0.15) is 0 Å². The number of rotatable bonds is 3. The van der Waals surface area contributed by atoms with Crippen LogP contribution >= 0.6 is 23.7 Å². The SMILES string of the molecule is Cc1ccsc1CN(C)C(=O)C1(N)CCCC1.Cl. The van der Waals surface area contributed by atoms with Crippen LogP contribution in [0.3, 0.4) is 0 Å². The Morgan fingerprint density at radius 3 is 2.61 bits per heavy atom. The summed E-state index contributed by atoms with van der Waals surface area (Å²) in [7, 11) is 1.86. The van der Waals surface area contributed by atoms with Crippen LogP contribution in [0.5, 0.6) is 0 Å². The summed E-state index contributed by atoms with van der Waals surface area (Å²) in [5.74, 6) is 0.0998. The summed E-state index contributed by atoms with van der Waals surface area (Å²) in [6.45, 7) is 2.76. The predicted octanol–water partition coefficient (Wildman–Crippen LogP) is 2.71. The standard InChI is InChI=1S/C13H20N2OS.ClH/c1-10-5-8-17-11(10)9-15(2)12(16)13(14)6-3-4-7-13;/h5,8H,3-4,6-7,9,14H2,1-2H3;1H. The quantitative estimate of drug-likeness (QED) is 0.929. The van der Waals surface area contributed by atoms with E-state index < -0.39 is 5.54 Å². The van der Waals surface area contributed by atoms with Crippen LogP contribution in [0.2, 0.25) is 0 Å². The Hall–Kier alpha value is -0.580. The molecular weight excluding hydrogens is 268 g/mol. The van der Waals surface area contributed by atoms with Gasteiger partial charge in [-0.2, -0.15) is 0 Å². The van der Waals surface area contributed by atoms with E-state index in [4.69, 9.17) is 5.73 Å². The number of amides is 1. The number of halogens is 1. The monoisotopic (exact) mass is 288 g/mol. The Bertz CT molecular complexity index is 413. The fourth-order valence-electron chi connectivity index (χ4n) is 2.45. The van der Waals surface area contributed by atoms with Crippen molar-refractivity contribution < 1.29 is 4.79 Å². The van der Waals surface area contributed by atoms with Crippen molar-refractivity contribution >= 4 is 29.7 Å². The molecule has 1 heterocycles. The lowest BCUT2D eigenvalue weighted by Gasteiger charge is -2.28. The summed E-state index contributed by atoms with van der Waals surface area (Å²) < 4.78 is 0. The number of likely N-dealkylation sites (N-methyl/N-ethyl adjacent to an activating group) is 1. The first-order chi connectivity index (χ1) is 8.03. The number of aryl methyl sites for hydroxylation is 1. The Morgan fingerprint density at radius 2 is 2.11 bits per heavy atom. The highest BCUT2D eigenvalue weighted by atomic mass is 35.5. The molecule has 2 rings (SSSR count). The molecule has 1 amide bonds. The van der Waals surface area contributed by atoms with Crippen LogP contribution < -0.4 is 5.73 Å². The van der Waals surface area contributed by atoms with Gasteiger partial charge in [-0.25, -0.2) is 0 Å². The van der Waals surface area contributed by atoms with Gasteiger partial charge in [0.15, 0.2) is 0 Å². The van der Waals surface area contributed by atoms with Gasteiger partial charge in [0, 0.05) is 11.9 Å².